The molecule has 1 heterocycles. The molecule has 1 aliphatic rings. The molecule has 1 aromatic rings. The van der Waals surface area contributed by atoms with Gasteiger partial charge in [0, 0.05) is 27.0 Å². The molecule has 0 saturated carbocycles. The van der Waals surface area contributed by atoms with Crippen LogP contribution in [0.4, 0.5) is 0 Å². The van der Waals surface area contributed by atoms with Gasteiger partial charge in [-0.15, -0.1) is 0 Å². The Bertz CT molecular complexity index is 389. The topological polar surface area (TPSA) is 38.0 Å². The van der Waals surface area contributed by atoms with Crippen molar-refractivity contribution in [2.75, 3.05) is 11.5 Å². The number of nitrogens with one attached hydrogen (secondary N) is 1. The van der Waals surface area contributed by atoms with Crippen LogP contribution in [0.3, 0.4) is 0 Å². The van der Waals surface area contributed by atoms with E-state index in [4.69, 9.17) is 17.4 Å². The summed E-state index contributed by atoms with van der Waals surface area (Å²) in [4.78, 5) is 0. The van der Waals surface area contributed by atoms with Crippen LogP contribution in [0.5, 0.6) is 0 Å². The SMILES string of the molecule is CCC1SCCSC1C(NN)c1cccc(Cl)c1. The van der Waals surface area contributed by atoms with Crippen molar-refractivity contribution in [3.05, 3.63) is 34.9 Å². The molecule has 0 spiro atoms. The van der Waals surface area contributed by atoms with E-state index in [9.17, 15) is 0 Å². The van der Waals surface area contributed by atoms with E-state index in [0.717, 1.165) is 5.02 Å². The standard InChI is InChI=1S/C13H19ClN2S2/c1-2-11-13(18-7-6-17-11)12(16-15)9-4-3-5-10(14)8-9/h3-5,8,11-13,16H,2,6-7,15H2,1H3. The van der Waals surface area contributed by atoms with E-state index in [0.29, 0.717) is 10.5 Å². The largest absolute Gasteiger partial charge is 0.271 e. The van der Waals surface area contributed by atoms with Crippen LogP contribution < -0.4 is 11.3 Å². The maximum absolute atomic E-state index is 6.07. The molecule has 1 fully saturated rings. The molecule has 0 amide bonds. The van der Waals surface area contributed by atoms with Gasteiger partial charge in [-0.1, -0.05) is 30.7 Å². The minimum Gasteiger partial charge on any atom is -0.271 e. The van der Waals surface area contributed by atoms with Crippen LogP contribution in [0.1, 0.15) is 24.9 Å². The maximum atomic E-state index is 6.07. The summed E-state index contributed by atoms with van der Waals surface area (Å²) in [6, 6.07) is 8.18. The molecule has 1 saturated heterocycles. The normalized spacial score (nSPS) is 25.9. The number of benzene rings is 1. The van der Waals surface area contributed by atoms with Crippen molar-refractivity contribution in [1.29, 1.82) is 0 Å². The fourth-order valence-electron chi connectivity index (χ4n) is 2.33. The Balaban J connectivity index is 2.21. The molecule has 5 heteroatoms. The van der Waals surface area contributed by atoms with Crippen LogP contribution >= 0.6 is 35.1 Å². The van der Waals surface area contributed by atoms with E-state index in [1.54, 1.807) is 0 Å². The molecule has 2 rings (SSSR count). The fourth-order valence-corrected chi connectivity index (χ4v) is 5.76. The number of hydrogen-bond acceptors (Lipinski definition) is 4. The van der Waals surface area contributed by atoms with Gasteiger partial charge < -0.3 is 0 Å². The molecular formula is C13H19ClN2S2. The van der Waals surface area contributed by atoms with E-state index in [1.807, 2.05) is 30.0 Å². The van der Waals surface area contributed by atoms with Crippen LogP contribution in [0.2, 0.25) is 5.02 Å². The smallest absolute Gasteiger partial charge is 0.0589 e. The lowest BCUT2D eigenvalue weighted by atomic mass is 10.0. The number of rotatable bonds is 4. The van der Waals surface area contributed by atoms with E-state index in [-0.39, 0.29) is 6.04 Å². The summed E-state index contributed by atoms with van der Waals surface area (Å²) < 4.78 is 0. The number of thioether (sulfide) groups is 2. The second-order valence-corrected chi connectivity index (χ2v) is 7.42. The molecule has 1 aromatic carbocycles. The second-order valence-electron chi connectivity index (χ2n) is 4.35. The first-order valence-corrected chi connectivity index (χ1v) is 8.68. The fraction of sp³-hybridized carbons (Fsp3) is 0.538. The van der Waals surface area contributed by atoms with Crippen LogP contribution in [-0.4, -0.2) is 22.0 Å². The number of halogens is 1. The molecule has 0 aliphatic carbocycles. The van der Waals surface area contributed by atoms with Gasteiger partial charge in [0.25, 0.3) is 0 Å². The van der Waals surface area contributed by atoms with Gasteiger partial charge in [-0.2, -0.15) is 23.5 Å². The van der Waals surface area contributed by atoms with Gasteiger partial charge in [0.1, 0.15) is 0 Å². The summed E-state index contributed by atoms with van der Waals surface area (Å²) >= 11 is 10.2. The van der Waals surface area contributed by atoms with Crippen LogP contribution in [0, 0.1) is 0 Å². The maximum Gasteiger partial charge on any atom is 0.0589 e. The van der Waals surface area contributed by atoms with Gasteiger partial charge in [0.2, 0.25) is 0 Å². The summed E-state index contributed by atoms with van der Waals surface area (Å²) in [6.45, 7) is 2.25. The van der Waals surface area contributed by atoms with Crippen molar-refractivity contribution in [1.82, 2.24) is 5.43 Å². The summed E-state index contributed by atoms with van der Waals surface area (Å²) in [7, 11) is 0. The van der Waals surface area contributed by atoms with Crippen molar-refractivity contribution in [3.8, 4) is 0 Å². The first-order valence-electron chi connectivity index (χ1n) is 6.21. The van der Waals surface area contributed by atoms with Crippen LogP contribution in [-0.2, 0) is 0 Å². The molecule has 100 valence electrons. The van der Waals surface area contributed by atoms with Gasteiger partial charge >= 0.3 is 0 Å². The van der Waals surface area contributed by atoms with E-state index in [2.05, 4.69) is 30.2 Å². The quantitative estimate of drug-likeness (QED) is 0.660. The third kappa shape index (κ3) is 3.36. The molecule has 18 heavy (non-hydrogen) atoms. The van der Waals surface area contributed by atoms with E-state index in [1.165, 1.54) is 23.5 Å². The highest BCUT2D eigenvalue weighted by atomic mass is 35.5. The number of nitrogens with two attached hydrogens (primary N) is 1. The summed E-state index contributed by atoms with van der Waals surface area (Å²) in [6.07, 6.45) is 1.18. The molecule has 3 atom stereocenters. The molecule has 1 aliphatic heterocycles. The highest BCUT2D eigenvalue weighted by molar-refractivity contribution is 8.07. The van der Waals surface area contributed by atoms with Gasteiger partial charge in [0.15, 0.2) is 0 Å². The van der Waals surface area contributed by atoms with Crippen LogP contribution in [0.15, 0.2) is 24.3 Å². The minimum absolute atomic E-state index is 0.173. The third-order valence-corrected chi connectivity index (χ3v) is 6.80. The van der Waals surface area contributed by atoms with E-state index < -0.39 is 0 Å². The second kappa shape index (κ2) is 7.06. The molecular weight excluding hydrogens is 284 g/mol. The van der Waals surface area contributed by atoms with Crippen LogP contribution in [0.25, 0.3) is 0 Å². The Hall–Kier alpha value is 0.130. The Morgan fingerprint density at radius 1 is 1.44 bits per heavy atom. The highest BCUT2D eigenvalue weighted by Gasteiger charge is 2.32. The average molecular weight is 303 g/mol. The van der Waals surface area contributed by atoms with E-state index >= 15 is 0 Å². The molecule has 2 nitrogen and oxygen atoms in total. The van der Waals surface area contributed by atoms with Crippen molar-refractivity contribution >= 4 is 35.1 Å². The van der Waals surface area contributed by atoms with Crippen molar-refractivity contribution in [3.63, 3.8) is 0 Å². The lowest BCUT2D eigenvalue weighted by Gasteiger charge is -2.35. The Morgan fingerprint density at radius 3 is 2.89 bits per heavy atom. The molecule has 3 unspecified atom stereocenters. The first-order chi connectivity index (χ1) is 8.76. The molecule has 0 aromatic heterocycles. The zero-order valence-electron chi connectivity index (χ0n) is 10.4. The van der Waals surface area contributed by atoms with Crippen molar-refractivity contribution in [2.45, 2.75) is 29.9 Å². The van der Waals surface area contributed by atoms with Gasteiger partial charge in [-0.3, -0.25) is 11.3 Å². The Kier molecular flexibility index (Phi) is 5.70. The van der Waals surface area contributed by atoms with Crippen molar-refractivity contribution in [2.24, 2.45) is 5.84 Å². The zero-order valence-corrected chi connectivity index (χ0v) is 12.8. The lowest BCUT2D eigenvalue weighted by molar-refractivity contribution is 0.514. The molecule has 0 radical (unpaired) electrons. The Morgan fingerprint density at radius 2 is 2.22 bits per heavy atom. The molecule has 3 N–H and O–H groups in total. The molecule has 0 bridgehead atoms. The first kappa shape index (κ1) is 14.5. The highest BCUT2D eigenvalue weighted by Crippen LogP contribution is 2.40. The summed E-state index contributed by atoms with van der Waals surface area (Å²) in [5, 5.41) is 1.94. The van der Waals surface area contributed by atoms with Gasteiger partial charge in [-0.25, -0.2) is 0 Å². The van der Waals surface area contributed by atoms with Gasteiger partial charge in [0.05, 0.1) is 6.04 Å². The number of hydrogen-bond donors (Lipinski definition) is 2. The average Bonchev–Trinajstić information content (AvgIpc) is 2.40. The predicted molar refractivity (Wildman–Crippen MR) is 84.3 cm³/mol. The van der Waals surface area contributed by atoms with Gasteiger partial charge in [-0.05, 0) is 24.1 Å². The number of hydrazine groups is 1. The predicted octanol–water partition coefficient (Wildman–Crippen LogP) is 3.47. The third-order valence-electron chi connectivity index (χ3n) is 3.21. The lowest BCUT2D eigenvalue weighted by Crippen LogP contribution is -2.41. The Labute approximate surface area is 122 Å². The summed E-state index contributed by atoms with van der Waals surface area (Å²) in [5.74, 6) is 8.23. The zero-order chi connectivity index (χ0) is 13.0. The summed E-state index contributed by atoms with van der Waals surface area (Å²) in [5.41, 5.74) is 4.17. The minimum atomic E-state index is 0.173. The van der Waals surface area contributed by atoms with Crippen molar-refractivity contribution < 1.29 is 0 Å². The monoisotopic (exact) mass is 302 g/mol.